The molecule has 0 amide bonds. The third-order valence-electron chi connectivity index (χ3n) is 8.99. The second-order valence-electron chi connectivity index (χ2n) is 11.9. The van der Waals surface area contributed by atoms with E-state index in [0.29, 0.717) is 18.1 Å². The van der Waals surface area contributed by atoms with Gasteiger partial charge in [0.25, 0.3) is 5.92 Å². The summed E-state index contributed by atoms with van der Waals surface area (Å²) in [4.78, 5) is 4.28. The van der Waals surface area contributed by atoms with Crippen LogP contribution >= 0.6 is 11.6 Å². The van der Waals surface area contributed by atoms with Gasteiger partial charge in [-0.3, -0.25) is 9.47 Å². The topological polar surface area (TPSA) is 61.0 Å². The lowest BCUT2D eigenvalue weighted by Gasteiger charge is -2.59. The van der Waals surface area contributed by atoms with Crippen molar-refractivity contribution < 1.29 is 13.2 Å². The van der Waals surface area contributed by atoms with E-state index in [1.54, 1.807) is 12.1 Å². The fourth-order valence-corrected chi connectivity index (χ4v) is 7.32. The highest BCUT2D eigenvalue weighted by Crippen LogP contribution is 2.57. The average molecular weight is 539 g/mol. The zero-order valence-corrected chi connectivity index (χ0v) is 21.6. The smallest absolute Gasteiger partial charge is 0.251 e. The number of alkyl halides is 2. The second kappa shape index (κ2) is 7.96. The fraction of sp³-hybridized carbons (Fsp3) is 0.464. The van der Waals surface area contributed by atoms with E-state index in [1.165, 1.54) is 6.07 Å². The van der Waals surface area contributed by atoms with Crippen LogP contribution in [0.2, 0.25) is 5.02 Å². The number of nitriles is 1. The molecule has 3 fully saturated rings. The molecule has 2 aliphatic heterocycles. The van der Waals surface area contributed by atoms with E-state index in [0.717, 1.165) is 54.5 Å². The summed E-state index contributed by atoms with van der Waals surface area (Å²) < 4.78 is 43.7. The van der Waals surface area contributed by atoms with Gasteiger partial charge >= 0.3 is 0 Å². The normalized spacial score (nSPS) is 22.9. The van der Waals surface area contributed by atoms with Crippen molar-refractivity contribution in [2.75, 3.05) is 18.0 Å². The van der Waals surface area contributed by atoms with E-state index in [1.807, 2.05) is 31.2 Å². The molecule has 1 aromatic heterocycles. The van der Waals surface area contributed by atoms with Crippen LogP contribution in [-0.4, -0.2) is 44.2 Å². The molecule has 1 saturated heterocycles. The third-order valence-corrected chi connectivity index (χ3v) is 9.22. The summed E-state index contributed by atoms with van der Waals surface area (Å²) in [6, 6.07) is 12.4. The first-order valence-electron chi connectivity index (χ1n) is 12.9. The van der Waals surface area contributed by atoms with Gasteiger partial charge in [-0.1, -0.05) is 11.6 Å². The molecule has 4 aliphatic rings. The average Bonchev–Trinajstić information content (AvgIpc) is 3.11. The summed E-state index contributed by atoms with van der Waals surface area (Å²) in [6.07, 6.45) is 1.60. The molecular weight excluding hydrogens is 513 g/mol. The van der Waals surface area contributed by atoms with E-state index < -0.39 is 17.3 Å². The van der Waals surface area contributed by atoms with Gasteiger partial charge in [-0.15, -0.1) is 10.2 Å². The van der Waals surface area contributed by atoms with Crippen LogP contribution in [0.15, 0.2) is 36.4 Å². The van der Waals surface area contributed by atoms with Crippen molar-refractivity contribution in [3.63, 3.8) is 0 Å². The minimum Gasteiger partial charge on any atom is -0.370 e. The first-order chi connectivity index (χ1) is 18.1. The van der Waals surface area contributed by atoms with Crippen molar-refractivity contribution in [1.82, 2.24) is 19.7 Å². The number of hydrogen-bond donors (Lipinski definition) is 0. The lowest BCUT2D eigenvalue weighted by Crippen LogP contribution is -2.62. The molecule has 0 atom stereocenters. The number of benzene rings is 2. The van der Waals surface area contributed by atoms with Gasteiger partial charge in [0.15, 0.2) is 5.82 Å². The first kappa shape index (κ1) is 24.0. The molecule has 196 valence electrons. The summed E-state index contributed by atoms with van der Waals surface area (Å²) >= 11 is 6.36. The number of rotatable bonds is 3. The Balaban J connectivity index is 1.13. The number of hydrogen-bond acceptors (Lipinski definition) is 5. The lowest BCUT2D eigenvalue weighted by molar-refractivity contribution is -0.173. The number of aromatic nitrogens is 3. The zero-order chi connectivity index (χ0) is 26.4. The first-order valence-corrected chi connectivity index (χ1v) is 13.3. The maximum absolute atomic E-state index is 13.9. The second-order valence-corrected chi connectivity index (χ2v) is 12.3. The summed E-state index contributed by atoms with van der Waals surface area (Å²) in [5.74, 6) is -1.21. The molecule has 0 radical (unpaired) electrons. The highest BCUT2D eigenvalue weighted by Gasteiger charge is 2.57. The minimum atomic E-state index is -2.63. The van der Waals surface area contributed by atoms with E-state index >= 15 is 0 Å². The maximum Gasteiger partial charge on any atom is 0.251 e. The molecule has 2 saturated carbocycles. The Morgan fingerprint density at radius 1 is 1.05 bits per heavy atom. The van der Waals surface area contributed by atoms with Gasteiger partial charge in [-0.05, 0) is 61.7 Å². The quantitative estimate of drug-likeness (QED) is 0.420. The van der Waals surface area contributed by atoms with Crippen LogP contribution in [0.5, 0.6) is 0 Å². The number of anilines is 1. The van der Waals surface area contributed by atoms with Crippen molar-refractivity contribution in [3.8, 4) is 11.8 Å². The van der Waals surface area contributed by atoms with Crippen molar-refractivity contribution in [2.45, 2.75) is 63.1 Å². The van der Waals surface area contributed by atoms with Gasteiger partial charge < -0.3 is 4.90 Å². The molecule has 6 nitrogen and oxygen atoms in total. The van der Waals surface area contributed by atoms with E-state index in [-0.39, 0.29) is 29.7 Å². The van der Waals surface area contributed by atoms with Gasteiger partial charge in [0.05, 0.1) is 17.8 Å². The molecule has 3 aromatic rings. The zero-order valence-electron chi connectivity index (χ0n) is 20.9. The number of halogens is 4. The SMILES string of the molecule is CC1(N2Cc3cc(Cl)ccc3-n3c(nnc3C3CC4(C3)CN(c3ccc(F)c(C#N)c3)C4)C2)CC(F)(F)C1. The van der Waals surface area contributed by atoms with E-state index in [9.17, 15) is 13.2 Å². The van der Waals surface area contributed by atoms with Gasteiger partial charge in [0.1, 0.15) is 17.7 Å². The molecule has 0 bridgehead atoms. The fourth-order valence-electron chi connectivity index (χ4n) is 7.13. The Bertz CT molecular complexity index is 1490. The highest BCUT2D eigenvalue weighted by atomic mass is 35.5. The van der Waals surface area contributed by atoms with Gasteiger partial charge in [0.2, 0.25) is 0 Å². The Hall–Kier alpha value is -3.09. The molecule has 38 heavy (non-hydrogen) atoms. The molecule has 2 aliphatic carbocycles. The number of fused-ring (bicyclic) bond motifs is 3. The van der Waals surface area contributed by atoms with Gasteiger partial charge in [-0.2, -0.15) is 5.26 Å². The van der Waals surface area contributed by atoms with Crippen LogP contribution < -0.4 is 4.90 Å². The van der Waals surface area contributed by atoms with Gasteiger partial charge in [0, 0.05) is 60.1 Å². The molecule has 2 aromatic carbocycles. The van der Waals surface area contributed by atoms with Crippen molar-refractivity contribution >= 4 is 17.3 Å². The van der Waals surface area contributed by atoms with Crippen LogP contribution in [0.25, 0.3) is 5.69 Å². The predicted molar refractivity (Wildman–Crippen MR) is 136 cm³/mol. The van der Waals surface area contributed by atoms with Crippen molar-refractivity contribution in [2.24, 2.45) is 5.41 Å². The third kappa shape index (κ3) is 3.64. The maximum atomic E-state index is 13.9. The molecular formula is C28H26ClF3N6. The standard InChI is InChI=1S/C28H26ClF3N6/c1-26(13-28(31,32)14-26)37-11-18-6-20(29)2-5-23(18)38-24(12-37)34-35-25(38)19-8-27(9-19)15-36(16-27)21-3-4-22(30)17(7-21)10-33/h2-7,19H,8-9,11-16H2,1H3. The molecule has 0 unspecified atom stereocenters. The highest BCUT2D eigenvalue weighted by molar-refractivity contribution is 6.30. The largest absolute Gasteiger partial charge is 0.370 e. The van der Waals surface area contributed by atoms with Crippen LogP contribution in [0.4, 0.5) is 18.9 Å². The Labute approximate surface area is 223 Å². The molecule has 7 rings (SSSR count). The lowest BCUT2D eigenvalue weighted by atomic mass is 9.57. The number of nitrogens with zero attached hydrogens (tertiary/aromatic N) is 6. The van der Waals surface area contributed by atoms with Crippen LogP contribution in [0.1, 0.15) is 61.3 Å². The minimum absolute atomic E-state index is 0.0633. The Kier molecular flexibility index (Phi) is 5.03. The Morgan fingerprint density at radius 2 is 1.82 bits per heavy atom. The molecule has 3 heterocycles. The molecule has 1 spiro atoms. The molecule has 0 N–H and O–H groups in total. The van der Waals surface area contributed by atoms with Crippen molar-refractivity contribution in [1.29, 1.82) is 5.26 Å². The monoisotopic (exact) mass is 538 g/mol. The summed E-state index contributed by atoms with van der Waals surface area (Å²) in [5, 5.41) is 18.9. The van der Waals surface area contributed by atoms with E-state index in [4.69, 9.17) is 16.9 Å². The summed E-state index contributed by atoms with van der Waals surface area (Å²) in [7, 11) is 0. The van der Waals surface area contributed by atoms with Crippen molar-refractivity contribution in [3.05, 3.63) is 70.0 Å². The van der Waals surface area contributed by atoms with Gasteiger partial charge in [-0.25, -0.2) is 13.2 Å². The molecule has 10 heteroatoms. The van der Waals surface area contributed by atoms with E-state index in [2.05, 4.69) is 24.6 Å². The predicted octanol–water partition coefficient (Wildman–Crippen LogP) is 5.82. The van der Waals surface area contributed by atoms with Crippen LogP contribution in [-0.2, 0) is 13.1 Å². The summed E-state index contributed by atoms with van der Waals surface area (Å²) in [6.45, 7) is 4.59. The van der Waals surface area contributed by atoms with Crippen LogP contribution in [0, 0.1) is 22.6 Å². The van der Waals surface area contributed by atoms with Crippen LogP contribution in [0.3, 0.4) is 0 Å². The Morgan fingerprint density at radius 3 is 2.53 bits per heavy atom. The summed E-state index contributed by atoms with van der Waals surface area (Å²) in [5.41, 5.74) is 2.45.